The lowest BCUT2D eigenvalue weighted by atomic mass is 10.2. The molecule has 0 amide bonds. The lowest BCUT2D eigenvalue weighted by Crippen LogP contribution is -2.13. The van der Waals surface area contributed by atoms with Crippen LogP contribution in [0.5, 0.6) is 0 Å². The summed E-state index contributed by atoms with van der Waals surface area (Å²) < 4.78 is 19.4. The Bertz CT molecular complexity index is 526. The van der Waals surface area contributed by atoms with Crippen molar-refractivity contribution in [2.24, 2.45) is 0 Å². The molecule has 6 heteroatoms. The van der Waals surface area contributed by atoms with Gasteiger partial charge >= 0.3 is 5.97 Å². The van der Waals surface area contributed by atoms with E-state index in [9.17, 15) is 9.18 Å². The van der Waals surface area contributed by atoms with Gasteiger partial charge in [-0.05, 0) is 13.0 Å². The van der Waals surface area contributed by atoms with Gasteiger partial charge in [0.25, 0.3) is 0 Å². The van der Waals surface area contributed by atoms with Gasteiger partial charge in [-0.15, -0.1) is 0 Å². The third-order valence-corrected chi connectivity index (χ3v) is 2.27. The van der Waals surface area contributed by atoms with Gasteiger partial charge in [-0.2, -0.15) is 5.10 Å². The summed E-state index contributed by atoms with van der Waals surface area (Å²) in [4.78, 5) is 11.2. The van der Waals surface area contributed by atoms with Crippen LogP contribution in [0.15, 0.2) is 18.3 Å². The summed E-state index contributed by atoms with van der Waals surface area (Å²) in [6, 6.07) is 2.73. The van der Waals surface area contributed by atoms with Crippen LogP contribution < -0.4 is 5.73 Å². The molecule has 0 atom stereocenters. The fourth-order valence-electron chi connectivity index (χ4n) is 1.53. The SMILES string of the molecule is CCOC(=O)Cn1cc2cc(N)c(F)cc2n1. The van der Waals surface area contributed by atoms with Gasteiger partial charge in [0, 0.05) is 17.6 Å². The Morgan fingerprint density at radius 2 is 2.35 bits per heavy atom. The molecule has 1 aromatic heterocycles. The molecule has 0 radical (unpaired) electrons. The van der Waals surface area contributed by atoms with E-state index in [0.29, 0.717) is 17.5 Å². The summed E-state index contributed by atoms with van der Waals surface area (Å²) in [6.07, 6.45) is 1.63. The number of esters is 1. The maximum Gasteiger partial charge on any atom is 0.327 e. The van der Waals surface area contributed by atoms with Gasteiger partial charge in [-0.1, -0.05) is 0 Å². The van der Waals surface area contributed by atoms with Crippen molar-refractivity contribution in [3.63, 3.8) is 0 Å². The van der Waals surface area contributed by atoms with Gasteiger partial charge in [0.1, 0.15) is 12.4 Å². The zero-order valence-electron chi connectivity index (χ0n) is 9.31. The molecule has 1 aromatic carbocycles. The van der Waals surface area contributed by atoms with E-state index in [2.05, 4.69) is 5.10 Å². The maximum atomic E-state index is 13.2. The highest BCUT2D eigenvalue weighted by atomic mass is 19.1. The lowest BCUT2D eigenvalue weighted by Gasteiger charge is -2.00. The first-order chi connectivity index (χ1) is 8.10. The highest BCUT2D eigenvalue weighted by molar-refractivity contribution is 5.82. The Morgan fingerprint density at radius 1 is 1.59 bits per heavy atom. The molecule has 1 heterocycles. The molecule has 0 saturated heterocycles. The van der Waals surface area contributed by atoms with Gasteiger partial charge in [0.05, 0.1) is 17.8 Å². The fourth-order valence-corrected chi connectivity index (χ4v) is 1.53. The molecule has 2 aromatic rings. The highest BCUT2D eigenvalue weighted by Gasteiger charge is 2.08. The topological polar surface area (TPSA) is 70.1 Å². The largest absolute Gasteiger partial charge is 0.465 e. The molecule has 0 bridgehead atoms. The molecule has 0 fully saturated rings. The van der Waals surface area contributed by atoms with Gasteiger partial charge in [0.15, 0.2) is 0 Å². The standard InChI is InChI=1S/C11H12FN3O2/c1-2-17-11(16)6-15-5-7-3-9(13)8(12)4-10(7)14-15/h3-5H,2,6,13H2,1H3. The number of nitrogens with zero attached hydrogens (tertiary/aromatic N) is 2. The van der Waals surface area contributed by atoms with Crippen LogP contribution in [0.2, 0.25) is 0 Å². The van der Waals surface area contributed by atoms with E-state index in [-0.39, 0.29) is 18.2 Å². The zero-order chi connectivity index (χ0) is 12.4. The molecule has 90 valence electrons. The number of anilines is 1. The molecule has 0 saturated carbocycles. The summed E-state index contributed by atoms with van der Waals surface area (Å²) in [5.74, 6) is -0.896. The normalized spacial score (nSPS) is 10.7. The Kier molecular flexibility index (Phi) is 2.95. The number of ether oxygens (including phenoxy) is 1. The molecule has 0 spiro atoms. The number of carbonyl (C=O) groups excluding carboxylic acids is 1. The Balaban J connectivity index is 2.29. The number of nitrogen functional groups attached to an aromatic ring is 1. The van der Waals surface area contributed by atoms with E-state index in [0.717, 1.165) is 0 Å². The summed E-state index contributed by atoms with van der Waals surface area (Å²) in [6.45, 7) is 2.05. The second kappa shape index (κ2) is 4.40. The average molecular weight is 237 g/mol. The molecule has 0 aliphatic heterocycles. The van der Waals surface area contributed by atoms with Crippen LogP contribution in [0.3, 0.4) is 0 Å². The van der Waals surface area contributed by atoms with Gasteiger partial charge in [-0.25, -0.2) is 4.39 Å². The minimum Gasteiger partial charge on any atom is -0.465 e. The minimum absolute atomic E-state index is 0.00401. The van der Waals surface area contributed by atoms with E-state index in [4.69, 9.17) is 10.5 Å². The predicted octanol–water partition coefficient (Wildman–Crippen LogP) is 1.32. The van der Waals surface area contributed by atoms with Gasteiger partial charge in [-0.3, -0.25) is 9.48 Å². The second-order valence-electron chi connectivity index (χ2n) is 3.56. The van der Waals surface area contributed by atoms with E-state index >= 15 is 0 Å². The predicted molar refractivity (Wildman–Crippen MR) is 60.7 cm³/mol. The van der Waals surface area contributed by atoms with Crippen molar-refractivity contribution in [2.45, 2.75) is 13.5 Å². The Hall–Kier alpha value is -2.11. The molecular weight excluding hydrogens is 225 g/mol. The van der Waals surface area contributed by atoms with E-state index in [1.165, 1.54) is 16.8 Å². The Labute approximate surface area is 97.0 Å². The first-order valence-corrected chi connectivity index (χ1v) is 5.18. The number of halogens is 1. The van der Waals surface area contributed by atoms with E-state index < -0.39 is 5.82 Å². The molecular formula is C11H12FN3O2. The smallest absolute Gasteiger partial charge is 0.327 e. The van der Waals surface area contributed by atoms with Crippen molar-refractivity contribution in [3.8, 4) is 0 Å². The van der Waals surface area contributed by atoms with Crippen LogP contribution in [0, 0.1) is 5.82 Å². The third-order valence-electron chi connectivity index (χ3n) is 2.27. The van der Waals surface area contributed by atoms with Crippen molar-refractivity contribution in [2.75, 3.05) is 12.3 Å². The monoisotopic (exact) mass is 237 g/mol. The van der Waals surface area contributed by atoms with Gasteiger partial charge < -0.3 is 10.5 Å². The van der Waals surface area contributed by atoms with Crippen molar-refractivity contribution in [3.05, 3.63) is 24.1 Å². The van der Waals surface area contributed by atoms with Crippen LogP contribution in [-0.2, 0) is 16.1 Å². The zero-order valence-corrected chi connectivity index (χ0v) is 9.31. The Morgan fingerprint density at radius 3 is 3.06 bits per heavy atom. The minimum atomic E-state index is -0.515. The van der Waals surface area contributed by atoms with Gasteiger partial charge in [0.2, 0.25) is 0 Å². The molecule has 2 rings (SSSR count). The highest BCUT2D eigenvalue weighted by Crippen LogP contribution is 2.19. The van der Waals surface area contributed by atoms with Crippen LogP contribution >= 0.6 is 0 Å². The summed E-state index contributed by atoms with van der Waals surface area (Å²) in [7, 11) is 0. The number of benzene rings is 1. The molecule has 5 nitrogen and oxygen atoms in total. The quantitative estimate of drug-likeness (QED) is 0.645. The number of hydrogen-bond donors (Lipinski definition) is 1. The number of rotatable bonds is 3. The second-order valence-corrected chi connectivity index (χ2v) is 3.56. The summed E-state index contributed by atoms with van der Waals surface area (Å²) in [5, 5.41) is 4.75. The third kappa shape index (κ3) is 2.35. The lowest BCUT2D eigenvalue weighted by molar-refractivity contribution is -0.144. The van der Waals surface area contributed by atoms with Crippen molar-refractivity contribution in [1.29, 1.82) is 0 Å². The molecule has 17 heavy (non-hydrogen) atoms. The first-order valence-electron chi connectivity index (χ1n) is 5.18. The molecule has 2 N–H and O–H groups in total. The number of fused-ring (bicyclic) bond motifs is 1. The maximum absolute atomic E-state index is 13.2. The molecule has 0 unspecified atom stereocenters. The number of carbonyl (C=O) groups is 1. The van der Waals surface area contributed by atoms with E-state index in [1.54, 1.807) is 13.1 Å². The number of aromatic nitrogens is 2. The summed E-state index contributed by atoms with van der Waals surface area (Å²) in [5.41, 5.74) is 5.96. The first kappa shape index (κ1) is 11.4. The summed E-state index contributed by atoms with van der Waals surface area (Å²) >= 11 is 0. The average Bonchev–Trinajstić information content (AvgIpc) is 2.60. The van der Waals surface area contributed by atoms with E-state index in [1.807, 2.05) is 0 Å². The molecule has 0 aliphatic carbocycles. The number of nitrogens with two attached hydrogens (primary N) is 1. The van der Waals surface area contributed by atoms with Crippen LogP contribution in [-0.4, -0.2) is 22.4 Å². The van der Waals surface area contributed by atoms with Crippen molar-refractivity contribution < 1.29 is 13.9 Å². The number of hydrogen-bond acceptors (Lipinski definition) is 4. The fraction of sp³-hybridized carbons (Fsp3) is 0.273. The van der Waals surface area contributed by atoms with Crippen LogP contribution in [0.4, 0.5) is 10.1 Å². The van der Waals surface area contributed by atoms with Crippen molar-refractivity contribution >= 4 is 22.6 Å². The molecule has 0 aliphatic rings. The van der Waals surface area contributed by atoms with Crippen LogP contribution in [0.25, 0.3) is 10.9 Å². The van der Waals surface area contributed by atoms with Crippen LogP contribution in [0.1, 0.15) is 6.92 Å². The van der Waals surface area contributed by atoms with Crippen molar-refractivity contribution in [1.82, 2.24) is 9.78 Å².